The quantitative estimate of drug-likeness (QED) is 0.487. The Morgan fingerprint density at radius 2 is 1.88 bits per heavy atom. The maximum absolute atomic E-state index is 12.6. The lowest BCUT2D eigenvalue weighted by Gasteiger charge is -2.11. The molecule has 1 aromatic heterocycles. The molecule has 1 aliphatic rings. The van der Waals surface area contributed by atoms with Gasteiger partial charge in [-0.2, -0.15) is 10.1 Å². The van der Waals surface area contributed by atoms with Crippen LogP contribution >= 0.6 is 0 Å². The molecule has 1 amide bonds. The first-order chi connectivity index (χ1) is 12.2. The number of nitro groups is 1. The number of primary sulfonamides is 1. The second-order valence-corrected chi connectivity index (χ2v) is 6.89. The Bertz CT molecular complexity index is 1070. The minimum atomic E-state index is -3.84. The summed E-state index contributed by atoms with van der Waals surface area (Å²) < 4.78 is 27.6. The topological polar surface area (TPSA) is 149 Å². The lowest BCUT2D eigenvalue weighted by molar-refractivity contribution is -0.402. The highest BCUT2D eigenvalue weighted by molar-refractivity contribution is 7.89. The van der Waals surface area contributed by atoms with Gasteiger partial charge in [0.25, 0.3) is 5.91 Å². The molecule has 2 heterocycles. The average molecular weight is 376 g/mol. The van der Waals surface area contributed by atoms with Crippen molar-refractivity contribution in [3.05, 3.63) is 57.8 Å². The number of nitrogens with two attached hydrogens (primary N) is 1. The van der Waals surface area contributed by atoms with Crippen LogP contribution < -0.4 is 10.1 Å². The lowest BCUT2D eigenvalue weighted by Crippen LogP contribution is -2.21. The van der Waals surface area contributed by atoms with Crippen molar-refractivity contribution in [3.63, 3.8) is 0 Å². The van der Waals surface area contributed by atoms with Gasteiger partial charge >= 0.3 is 5.88 Å². The van der Waals surface area contributed by atoms with Crippen molar-refractivity contribution in [2.45, 2.75) is 11.8 Å². The molecular formula is C15H12N4O6S. The summed E-state index contributed by atoms with van der Waals surface area (Å²) in [5, 5.41) is 20.9. The number of hydrazone groups is 1. The summed E-state index contributed by atoms with van der Waals surface area (Å²) in [6.45, 7) is 1.60. The number of sulfonamides is 1. The van der Waals surface area contributed by atoms with Crippen molar-refractivity contribution in [1.82, 2.24) is 0 Å². The molecule has 10 nitrogen and oxygen atoms in total. The van der Waals surface area contributed by atoms with Gasteiger partial charge in [-0.1, -0.05) is 0 Å². The van der Waals surface area contributed by atoms with Crippen molar-refractivity contribution in [2.24, 2.45) is 10.2 Å². The molecule has 0 atom stereocenters. The monoisotopic (exact) mass is 376 g/mol. The fraction of sp³-hybridized carbons (Fsp3) is 0.0667. The van der Waals surface area contributed by atoms with Gasteiger partial charge in [0.05, 0.1) is 27.9 Å². The second kappa shape index (κ2) is 6.20. The van der Waals surface area contributed by atoms with E-state index in [1.165, 1.54) is 42.5 Å². The maximum Gasteiger partial charge on any atom is 0.433 e. The molecular weight excluding hydrogens is 364 g/mol. The van der Waals surface area contributed by atoms with Gasteiger partial charge in [-0.15, -0.1) is 0 Å². The molecule has 0 spiro atoms. The Kier molecular flexibility index (Phi) is 4.18. The van der Waals surface area contributed by atoms with E-state index in [0.717, 1.165) is 5.01 Å². The first-order valence-electron chi connectivity index (χ1n) is 7.15. The van der Waals surface area contributed by atoms with Gasteiger partial charge in [-0.25, -0.2) is 13.6 Å². The number of hydrogen-bond acceptors (Lipinski definition) is 7. The summed E-state index contributed by atoms with van der Waals surface area (Å²) in [5.41, 5.74) is 0.921. The van der Waals surface area contributed by atoms with Gasteiger partial charge in [0.2, 0.25) is 10.0 Å². The standard InChI is InChI=1S/C15H12N4O6S/c1-9-13(8-11-4-7-14(25-11)19(21)22)15(20)18(17-9)10-2-5-12(6-3-10)26(16,23)24/h2-8H,1H3,(H2,16,23,24)/b13-8+. The average Bonchev–Trinajstić information content (AvgIpc) is 3.15. The van der Waals surface area contributed by atoms with Crippen LogP contribution in [0.3, 0.4) is 0 Å². The minimum Gasteiger partial charge on any atom is -0.401 e. The van der Waals surface area contributed by atoms with Gasteiger partial charge in [-0.3, -0.25) is 14.9 Å². The summed E-state index contributed by atoms with van der Waals surface area (Å²) in [7, 11) is -3.84. The number of rotatable bonds is 4. The SMILES string of the molecule is CC1=NN(c2ccc(S(N)(=O)=O)cc2)C(=O)/C1=C/c1ccc([N+](=O)[O-])o1. The van der Waals surface area contributed by atoms with Crippen molar-refractivity contribution < 1.29 is 22.6 Å². The van der Waals surface area contributed by atoms with Crippen LogP contribution in [0, 0.1) is 10.1 Å². The Morgan fingerprint density at radius 3 is 2.42 bits per heavy atom. The molecule has 0 saturated carbocycles. The summed E-state index contributed by atoms with van der Waals surface area (Å²) >= 11 is 0. The third kappa shape index (κ3) is 3.25. The van der Waals surface area contributed by atoms with E-state index < -0.39 is 26.7 Å². The number of hydrogen-bond donors (Lipinski definition) is 1. The summed E-state index contributed by atoms with van der Waals surface area (Å²) in [4.78, 5) is 22.5. The predicted molar refractivity (Wildman–Crippen MR) is 91.7 cm³/mol. The Balaban J connectivity index is 1.90. The molecule has 26 heavy (non-hydrogen) atoms. The normalized spacial score (nSPS) is 16.2. The highest BCUT2D eigenvalue weighted by Gasteiger charge is 2.29. The highest BCUT2D eigenvalue weighted by atomic mass is 32.2. The van der Waals surface area contributed by atoms with Crippen LogP contribution in [0.1, 0.15) is 12.7 Å². The van der Waals surface area contributed by atoms with Crippen molar-refractivity contribution in [1.29, 1.82) is 0 Å². The maximum atomic E-state index is 12.6. The van der Waals surface area contributed by atoms with Gasteiger partial charge in [0.1, 0.15) is 10.7 Å². The van der Waals surface area contributed by atoms with Gasteiger partial charge in [0.15, 0.2) is 0 Å². The molecule has 134 valence electrons. The number of carbonyl (C=O) groups is 1. The summed E-state index contributed by atoms with van der Waals surface area (Å²) in [6, 6.07) is 7.88. The number of amides is 1. The number of anilines is 1. The molecule has 0 aliphatic carbocycles. The van der Waals surface area contributed by atoms with Crippen molar-refractivity contribution >= 4 is 39.3 Å². The first kappa shape index (κ1) is 17.5. The lowest BCUT2D eigenvalue weighted by atomic mass is 10.1. The van der Waals surface area contributed by atoms with Crippen LogP contribution in [0.4, 0.5) is 11.6 Å². The smallest absolute Gasteiger partial charge is 0.401 e. The van der Waals surface area contributed by atoms with Crippen LogP contribution in [0.15, 0.2) is 56.4 Å². The minimum absolute atomic E-state index is 0.0905. The van der Waals surface area contributed by atoms with E-state index in [-0.39, 0.29) is 16.2 Å². The van der Waals surface area contributed by atoms with E-state index >= 15 is 0 Å². The van der Waals surface area contributed by atoms with Gasteiger partial charge in [-0.05, 0) is 43.3 Å². The zero-order valence-corrected chi connectivity index (χ0v) is 14.1. The number of carbonyl (C=O) groups excluding carboxylic acids is 1. The van der Waals surface area contributed by atoms with Crippen LogP contribution in [-0.2, 0) is 14.8 Å². The summed E-state index contributed by atoms with van der Waals surface area (Å²) in [5.74, 6) is -0.779. The molecule has 0 fully saturated rings. The Hall–Kier alpha value is -3.31. The molecule has 2 aromatic rings. The highest BCUT2D eigenvalue weighted by Crippen LogP contribution is 2.27. The fourth-order valence-electron chi connectivity index (χ4n) is 2.30. The molecule has 1 aliphatic heterocycles. The molecule has 3 rings (SSSR count). The number of benzene rings is 1. The van der Waals surface area contributed by atoms with Crippen LogP contribution in [0.25, 0.3) is 6.08 Å². The molecule has 0 saturated heterocycles. The van der Waals surface area contributed by atoms with Crippen molar-refractivity contribution in [2.75, 3.05) is 5.01 Å². The fourth-order valence-corrected chi connectivity index (χ4v) is 2.81. The first-order valence-corrected chi connectivity index (χ1v) is 8.70. The zero-order valence-electron chi connectivity index (χ0n) is 13.3. The van der Waals surface area contributed by atoms with Crippen LogP contribution in [0.2, 0.25) is 0 Å². The third-order valence-corrected chi connectivity index (χ3v) is 4.48. The van der Waals surface area contributed by atoms with E-state index in [2.05, 4.69) is 5.10 Å². The van der Waals surface area contributed by atoms with E-state index in [1.54, 1.807) is 6.92 Å². The molecule has 11 heteroatoms. The Morgan fingerprint density at radius 1 is 1.23 bits per heavy atom. The predicted octanol–water partition coefficient (Wildman–Crippen LogP) is 1.64. The summed E-state index contributed by atoms with van der Waals surface area (Å²) in [6.07, 6.45) is 1.35. The largest absolute Gasteiger partial charge is 0.433 e. The van der Waals surface area contributed by atoms with E-state index in [9.17, 15) is 23.3 Å². The van der Waals surface area contributed by atoms with E-state index in [1.807, 2.05) is 0 Å². The zero-order chi connectivity index (χ0) is 19.1. The molecule has 2 N–H and O–H groups in total. The third-order valence-electron chi connectivity index (χ3n) is 3.55. The molecule has 0 radical (unpaired) electrons. The molecule has 0 unspecified atom stereocenters. The van der Waals surface area contributed by atoms with Crippen molar-refractivity contribution in [3.8, 4) is 0 Å². The van der Waals surface area contributed by atoms with E-state index in [4.69, 9.17) is 9.56 Å². The van der Waals surface area contributed by atoms with Crippen LogP contribution in [-0.4, -0.2) is 25.0 Å². The molecule has 0 bridgehead atoms. The van der Waals surface area contributed by atoms with Gasteiger partial charge < -0.3 is 4.42 Å². The molecule has 1 aromatic carbocycles. The van der Waals surface area contributed by atoms with Gasteiger partial charge in [0, 0.05) is 0 Å². The van der Waals surface area contributed by atoms with Crippen LogP contribution in [0.5, 0.6) is 0 Å². The number of furan rings is 1. The Labute approximate surface area is 147 Å². The second-order valence-electron chi connectivity index (χ2n) is 5.33. The van der Waals surface area contributed by atoms with E-state index in [0.29, 0.717) is 11.4 Å². The number of nitrogens with zero attached hydrogens (tertiary/aromatic N) is 3.